The fraction of sp³-hybridized carbons (Fsp3) is 0.312. The van der Waals surface area contributed by atoms with E-state index in [0.29, 0.717) is 22.1 Å². The quantitative estimate of drug-likeness (QED) is 0.916. The molecule has 0 spiro atoms. The number of nitrogens with one attached hydrogen (secondary N) is 1. The summed E-state index contributed by atoms with van der Waals surface area (Å²) in [6.45, 7) is 2.13. The van der Waals surface area contributed by atoms with Gasteiger partial charge in [-0.15, -0.1) is 0 Å². The highest BCUT2D eigenvalue weighted by Gasteiger charge is 2.37. The minimum absolute atomic E-state index is 0.590. The molecule has 2 saturated heterocycles. The Bertz CT molecular complexity index is 689. The fourth-order valence-corrected chi connectivity index (χ4v) is 3.85. The molecule has 2 aliphatic rings. The van der Waals surface area contributed by atoms with Crippen LogP contribution >= 0.6 is 23.2 Å². The molecule has 0 saturated carbocycles. The minimum Gasteiger partial charge on any atom is -0.364 e. The minimum atomic E-state index is 0.590. The number of piperazine rings is 1. The summed E-state index contributed by atoms with van der Waals surface area (Å²) >= 11 is 12.3. The number of anilines is 1. The first-order chi connectivity index (χ1) is 10.2. The first-order valence-corrected chi connectivity index (χ1v) is 7.87. The van der Waals surface area contributed by atoms with Gasteiger partial charge in [0.2, 0.25) is 0 Å². The third-order valence-corrected chi connectivity index (χ3v) is 4.90. The van der Waals surface area contributed by atoms with Crippen LogP contribution in [0.25, 0.3) is 11.1 Å². The van der Waals surface area contributed by atoms with Gasteiger partial charge in [0.1, 0.15) is 0 Å². The molecule has 1 aromatic carbocycles. The lowest BCUT2D eigenvalue weighted by molar-refractivity contribution is 0.580. The second-order valence-electron chi connectivity index (χ2n) is 5.70. The van der Waals surface area contributed by atoms with Crippen LogP contribution in [0.4, 0.5) is 5.69 Å². The number of aromatic nitrogens is 1. The maximum Gasteiger partial charge on any atom is 0.0562 e. The Balaban J connectivity index is 1.70. The summed E-state index contributed by atoms with van der Waals surface area (Å²) in [7, 11) is 0. The van der Waals surface area contributed by atoms with Crippen molar-refractivity contribution < 1.29 is 0 Å². The van der Waals surface area contributed by atoms with Crippen molar-refractivity contribution in [2.75, 3.05) is 18.0 Å². The highest BCUT2D eigenvalue weighted by molar-refractivity contribution is 6.36. The van der Waals surface area contributed by atoms with Crippen LogP contribution in [0.2, 0.25) is 10.0 Å². The lowest BCUT2D eigenvalue weighted by Gasteiger charge is -2.29. The Morgan fingerprint density at radius 2 is 2.10 bits per heavy atom. The largest absolute Gasteiger partial charge is 0.364 e. The number of benzene rings is 1. The average molecular weight is 320 g/mol. The summed E-state index contributed by atoms with van der Waals surface area (Å²) in [5.41, 5.74) is 3.18. The van der Waals surface area contributed by atoms with Crippen molar-refractivity contribution in [3.05, 3.63) is 46.7 Å². The van der Waals surface area contributed by atoms with Gasteiger partial charge in [0.05, 0.1) is 11.9 Å². The van der Waals surface area contributed by atoms with Gasteiger partial charge in [-0.05, 0) is 24.6 Å². The molecule has 2 atom stereocenters. The number of pyridine rings is 1. The molecule has 5 heteroatoms. The van der Waals surface area contributed by atoms with Crippen LogP contribution in [0.3, 0.4) is 0 Å². The number of rotatable bonds is 2. The van der Waals surface area contributed by atoms with E-state index in [1.54, 1.807) is 6.07 Å². The van der Waals surface area contributed by atoms with E-state index in [1.807, 2.05) is 24.5 Å². The monoisotopic (exact) mass is 319 g/mol. The van der Waals surface area contributed by atoms with Gasteiger partial charge in [0.25, 0.3) is 0 Å². The molecule has 108 valence electrons. The highest BCUT2D eigenvalue weighted by atomic mass is 35.5. The van der Waals surface area contributed by atoms with E-state index in [0.717, 1.165) is 24.2 Å². The van der Waals surface area contributed by atoms with E-state index in [-0.39, 0.29) is 0 Å². The van der Waals surface area contributed by atoms with Crippen LogP contribution in [0, 0.1) is 0 Å². The summed E-state index contributed by atoms with van der Waals surface area (Å²) in [5.74, 6) is 0. The third kappa shape index (κ3) is 2.39. The summed E-state index contributed by atoms with van der Waals surface area (Å²) in [6.07, 6.45) is 5.02. The first-order valence-electron chi connectivity index (χ1n) is 7.11. The topological polar surface area (TPSA) is 28.2 Å². The molecule has 2 aliphatic heterocycles. The summed E-state index contributed by atoms with van der Waals surface area (Å²) in [4.78, 5) is 6.84. The van der Waals surface area contributed by atoms with E-state index in [4.69, 9.17) is 23.2 Å². The van der Waals surface area contributed by atoms with Gasteiger partial charge in [-0.3, -0.25) is 4.98 Å². The Labute approximate surface area is 133 Å². The van der Waals surface area contributed by atoms with Gasteiger partial charge in [0, 0.05) is 52.5 Å². The van der Waals surface area contributed by atoms with Gasteiger partial charge < -0.3 is 10.2 Å². The van der Waals surface area contributed by atoms with E-state index >= 15 is 0 Å². The molecule has 21 heavy (non-hydrogen) atoms. The molecule has 0 radical (unpaired) electrons. The number of hydrogen-bond acceptors (Lipinski definition) is 3. The Morgan fingerprint density at radius 1 is 1.19 bits per heavy atom. The number of halogens is 2. The zero-order valence-electron chi connectivity index (χ0n) is 11.4. The maximum absolute atomic E-state index is 6.30. The zero-order valence-corrected chi connectivity index (χ0v) is 12.9. The van der Waals surface area contributed by atoms with Gasteiger partial charge >= 0.3 is 0 Å². The Kier molecular flexibility index (Phi) is 3.29. The Hall–Kier alpha value is -1.29. The third-order valence-electron chi connectivity index (χ3n) is 4.35. The van der Waals surface area contributed by atoms with Crippen LogP contribution in [0.1, 0.15) is 6.42 Å². The average Bonchev–Trinajstić information content (AvgIpc) is 3.10. The predicted molar refractivity (Wildman–Crippen MR) is 87.2 cm³/mol. The normalized spacial score (nSPS) is 23.8. The molecule has 3 nitrogen and oxygen atoms in total. The molecule has 2 unspecified atom stereocenters. The van der Waals surface area contributed by atoms with Crippen LogP contribution in [-0.2, 0) is 0 Å². The van der Waals surface area contributed by atoms with Crippen molar-refractivity contribution in [2.24, 2.45) is 0 Å². The number of hydrogen-bond donors (Lipinski definition) is 1. The van der Waals surface area contributed by atoms with Crippen molar-refractivity contribution in [3.63, 3.8) is 0 Å². The summed E-state index contributed by atoms with van der Waals surface area (Å²) in [6, 6.07) is 8.96. The SMILES string of the molecule is Clc1ccc(-c2cncc(N3CC4CC3CN4)c2)c(Cl)c1. The molecule has 3 heterocycles. The van der Waals surface area contributed by atoms with Crippen molar-refractivity contribution in [1.82, 2.24) is 10.3 Å². The van der Waals surface area contributed by atoms with Crippen LogP contribution in [-0.4, -0.2) is 30.2 Å². The molecule has 2 fully saturated rings. The predicted octanol–water partition coefficient (Wildman–Crippen LogP) is 3.61. The van der Waals surface area contributed by atoms with Crippen molar-refractivity contribution in [1.29, 1.82) is 0 Å². The van der Waals surface area contributed by atoms with Crippen LogP contribution in [0.15, 0.2) is 36.7 Å². The van der Waals surface area contributed by atoms with Crippen LogP contribution < -0.4 is 10.2 Å². The smallest absolute Gasteiger partial charge is 0.0562 e. The van der Waals surface area contributed by atoms with Crippen molar-refractivity contribution >= 4 is 28.9 Å². The fourth-order valence-electron chi connectivity index (χ4n) is 3.33. The van der Waals surface area contributed by atoms with Gasteiger partial charge in [-0.2, -0.15) is 0 Å². The molecule has 2 aromatic rings. The van der Waals surface area contributed by atoms with E-state index in [9.17, 15) is 0 Å². The molecule has 1 aromatic heterocycles. The lowest BCUT2D eigenvalue weighted by Crippen LogP contribution is -2.43. The maximum atomic E-state index is 6.30. The second kappa shape index (κ2) is 5.16. The second-order valence-corrected chi connectivity index (χ2v) is 6.55. The molecule has 1 N–H and O–H groups in total. The standard InChI is InChI=1S/C16H15Cl2N3/c17-11-1-2-15(16(18)4-11)10-3-13(7-19-6-10)21-9-12-5-14(21)8-20-12/h1-4,6-7,12,14,20H,5,8-9H2. The molecular formula is C16H15Cl2N3. The van der Waals surface area contributed by atoms with Crippen LogP contribution in [0.5, 0.6) is 0 Å². The van der Waals surface area contributed by atoms with Crippen molar-refractivity contribution in [2.45, 2.75) is 18.5 Å². The van der Waals surface area contributed by atoms with Gasteiger partial charge in [-0.25, -0.2) is 0 Å². The van der Waals surface area contributed by atoms with Crippen molar-refractivity contribution in [3.8, 4) is 11.1 Å². The first kappa shape index (κ1) is 13.4. The zero-order chi connectivity index (χ0) is 14.4. The van der Waals surface area contributed by atoms with E-state index in [1.165, 1.54) is 12.1 Å². The lowest BCUT2D eigenvalue weighted by atomic mass is 10.1. The Morgan fingerprint density at radius 3 is 2.81 bits per heavy atom. The summed E-state index contributed by atoms with van der Waals surface area (Å²) < 4.78 is 0. The summed E-state index contributed by atoms with van der Waals surface area (Å²) in [5, 5.41) is 4.83. The highest BCUT2D eigenvalue weighted by Crippen LogP contribution is 2.34. The van der Waals surface area contributed by atoms with E-state index in [2.05, 4.69) is 21.3 Å². The van der Waals surface area contributed by atoms with Gasteiger partial charge in [-0.1, -0.05) is 29.3 Å². The molecule has 0 amide bonds. The molecule has 0 aliphatic carbocycles. The molecular weight excluding hydrogens is 305 g/mol. The number of fused-ring (bicyclic) bond motifs is 2. The molecule has 4 rings (SSSR count). The molecule has 2 bridgehead atoms. The van der Waals surface area contributed by atoms with Gasteiger partial charge in [0.15, 0.2) is 0 Å². The number of nitrogens with zero attached hydrogens (tertiary/aromatic N) is 2. The van der Waals surface area contributed by atoms with E-state index < -0.39 is 0 Å².